The van der Waals surface area contributed by atoms with Gasteiger partial charge in [0.1, 0.15) is 36.6 Å². The van der Waals surface area contributed by atoms with E-state index in [2.05, 4.69) is 36.3 Å². The minimum Gasteiger partial charge on any atom is -0.489 e. The van der Waals surface area contributed by atoms with Crippen molar-refractivity contribution in [2.45, 2.75) is 25.7 Å². The van der Waals surface area contributed by atoms with E-state index in [0.717, 1.165) is 62.1 Å². The highest BCUT2D eigenvalue weighted by Crippen LogP contribution is 2.30. The summed E-state index contributed by atoms with van der Waals surface area (Å²) in [5.41, 5.74) is 8.57. The van der Waals surface area contributed by atoms with Gasteiger partial charge < -0.3 is 25.4 Å². The number of anilines is 4. The third kappa shape index (κ3) is 7.60. The summed E-state index contributed by atoms with van der Waals surface area (Å²) in [5, 5.41) is 24.8. The molecule has 1 aliphatic rings. The first-order chi connectivity index (χ1) is 25.1. The van der Waals surface area contributed by atoms with Crippen LogP contribution < -0.4 is 25.4 Å². The van der Waals surface area contributed by atoms with Crippen molar-refractivity contribution in [3.8, 4) is 34.0 Å². The molecule has 2 aromatic heterocycles. The summed E-state index contributed by atoms with van der Waals surface area (Å²) in [7, 11) is 0. The zero-order valence-electron chi connectivity index (χ0n) is 27.6. The van der Waals surface area contributed by atoms with Gasteiger partial charge in [-0.2, -0.15) is 10.2 Å². The molecule has 5 aromatic carbocycles. The highest BCUT2D eigenvalue weighted by Gasteiger charge is 2.27. The second kappa shape index (κ2) is 14.4. The summed E-state index contributed by atoms with van der Waals surface area (Å²) in [5.74, 6) is 2.75. The Hall–Kier alpha value is -6.81. The van der Waals surface area contributed by atoms with Crippen molar-refractivity contribution in [3.05, 3.63) is 156 Å². The monoisotopic (exact) mass is 673 g/mol. The Labute approximate surface area is 294 Å². The fraction of sp³-hybridized carbons (Fsp3) is 0.0976. The number of aromatic nitrogens is 4. The Kier molecular flexibility index (Phi) is 8.85. The number of hydrogen-bond donors (Lipinski definition) is 5. The maximum atomic E-state index is 13.0. The number of benzene rings is 5. The zero-order valence-corrected chi connectivity index (χ0v) is 27.6. The standard InChI is InChI=1S/C41H35N7O3/c49-41-38(43-40-24-37(46-48-40)30-13-18-34(19-14-30)51-26-28-9-5-2-6-10-28)22-31-21-32(15-20-35(31)44-41)42-39-23-36(45-47-39)29-11-16-33(17-12-29)50-25-27-7-3-1-4-8-27/h1-21,23-24,38H,22,25-26H2,(H,44,49)(H2,42,45,47)(H2,43,46,48). The van der Waals surface area contributed by atoms with Crippen LogP contribution in [0.1, 0.15) is 16.7 Å². The number of ether oxygens (including phenoxy) is 2. The van der Waals surface area contributed by atoms with E-state index in [4.69, 9.17) is 9.47 Å². The average Bonchev–Trinajstić information content (AvgIpc) is 3.85. The van der Waals surface area contributed by atoms with Crippen molar-refractivity contribution in [1.82, 2.24) is 20.4 Å². The second-order valence-electron chi connectivity index (χ2n) is 12.3. The Morgan fingerprint density at radius 2 is 1.18 bits per heavy atom. The number of amides is 1. The van der Waals surface area contributed by atoms with Gasteiger partial charge in [0.2, 0.25) is 5.91 Å². The Morgan fingerprint density at radius 1 is 0.627 bits per heavy atom. The lowest BCUT2D eigenvalue weighted by Gasteiger charge is -2.25. The molecule has 51 heavy (non-hydrogen) atoms. The van der Waals surface area contributed by atoms with Crippen molar-refractivity contribution in [2.24, 2.45) is 0 Å². The molecule has 7 aromatic rings. The van der Waals surface area contributed by atoms with Crippen LogP contribution in [0.4, 0.5) is 23.0 Å². The van der Waals surface area contributed by atoms with Gasteiger partial charge in [-0.3, -0.25) is 15.0 Å². The molecular formula is C41H35N7O3. The van der Waals surface area contributed by atoms with Crippen LogP contribution in [0, 0.1) is 0 Å². The van der Waals surface area contributed by atoms with Gasteiger partial charge in [-0.05, 0) is 94.5 Å². The molecular weight excluding hydrogens is 638 g/mol. The third-order valence-electron chi connectivity index (χ3n) is 8.68. The van der Waals surface area contributed by atoms with E-state index in [0.29, 0.717) is 31.3 Å². The van der Waals surface area contributed by atoms with E-state index in [1.54, 1.807) is 0 Å². The molecule has 0 radical (unpaired) electrons. The average molecular weight is 674 g/mol. The van der Waals surface area contributed by atoms with E-state index in [1.165, 1.54) is 0 Å². The molecule has 3 heterocycles. The molecule has 0 saturated heterocycles. The number of aromatic amines is 2. The Bertz CT molecular complexity index is 2230. The fourth-order valence-electron chi connectivity index (χ4n) is 5.96. The van der Waals surface area contributed by atoms with Crippen LogP contribution in [0.5, 0.6) is 11.5 Å². The molecule has 0 saturated carbocycles. The van der Waals surface area contributed by atoms with Gasteiger partial charge in [0, 0.05) is 29.9 Å². The van der Waals surface area contributed by atoms with Crippen molar-refractivity contribution >= 4 is 28.9 Å². The van der Waals surface area contributed by atoms with E-state index >= 15 is 0 Å². The van der Waals surface area contributed by atoms with Crippen LogP contribution in [0.15, 0.2) is 140 Å². The summed E-state index contributed by atoms with van der Waals surface area (Å²) >= 11 is 0. The highest BCUT2D eigenvalue weighted by atomic mass is 16.5. The molecule has 1 unspecified atom stereocenters. The first kappa shape index (κ1) is 31.5. The quantitative estimate of drug-likeness (QED) is 0.0882. The van der Waals surface area contributed by atoms with E-state index in [1.807, 2.05) is 140 Å². The van der Waals surface area contributed by atoms with Gasteiger partial charge in [0.25, 0.3) is 0 Å². The van der Waals surface area contributed by atoms with Gasteiger partial charge in [-0.25, -0.2) is 0 Å². The van der Waals surface area contributed by atoms with E-state index < -0.39 is 6.04 Å². The lowest BCUT2D eigenvalue weighted by molar-refractivity contribution is -0.117. The molecule has 10 nitrogen and oxygen atoms in total. The number of rotatable bonds is 12. The lowest BCUT2D eigenvalue weighted by atomic mass is 9.98. The molecule has 1 aliphatic heterocycles. The molecule has 0 fully saturated rings. The van der Waals surface area contributed by atoms with Crippen LogP contribution >= 0.6 is 0 Å². The maximum Gasteiger partial charge on any atom is 0.247 e. The molecule has 1 atom stereocenters. The van der Waals surface area contributed by atoms with Crippen LogP contribution in [0.25, 0.3) is 22.5 Å². The maximum absolute atomic E-state index is 13.0. The molecule has 10 heteroatoms. The van der Waals surface area contributed by atoms with Gasteiger partial charge in [-0.15, -0.1) is 0 Å². The SMILES string of the molecule is O=C1Nc2ccc(Nc3cc(-c4ccc(OCc5ccccc5)cc4)[nH]n3)cc2CC1Nc1cc(-c2ccc(OCc3ccccc3)cc2)[nH]n1. The summed E-state index contributed by atoms with van der Waals surface area (Å²) < 4.78 is 11.8. The lowest BCUT2D eigenvalue weighted by Crippen LogP contribution is -2.40. The van der Waals surface area contributed by atoms with Gasteiger partial charge in [0.15, 0.2) is 5.82 Å². The third-order valence-corrected chi connectivity index (χ3v) is 8.68. The van der Waals surface area contributed by atoms with E-state index in [9.17, 15) is 4.79 Å². The van der Waals surface area contributed by atoms with Crippen LogP contribution in [0.3, 0.4) is 0 Å². The minimum atomic E-state index is -0.491. The number of H-pyrrole nitrogens is 2. The predicted molar refractivity (Wildman–Crippen MR) is 199 cm³/mol. The number of nitrogens with one attached hydrogen (secondary N) is 5. The van der Waals surface area contributed by atoms with Crippen molar-refractivity contribution in [2.75, 3.05) is 16.0 Å². The smallest absolute Gasteiger partial charge is 0.247 e. The molecule has 8 rings (SSSR count). The van der Waals surface area contributed by atoms with E-state index in [-0.39, 0.29) is 5.91 Å². The van der Waals surface area contributed by atoms with Gasteiger partial charge >= 0.3 is 0 Å². The predicted octanol–water partition coefficient (Wildman–Crippen LogP) is 8.34. The first-order valence-corrected chi connectivity index (χ1v) is 16.7. The molecule has 252 valence electrons. The molecule has 0 aliphatic carbocycles. The molecule has 0 bridgehead atoms. The summed E-state index contributed by atoms with van der Waals surface area (Å²) in [4.78, 5) is 13.0. The normalized spacial score (nSPS) is 13.6. The van der Waals surface area contributed by atoms with Crippen molar-refractivity contribution in [3.63, 3.8) is 0 Å². The highest BCUT2D eigenvalue weighted by molar-refractivity contribution is 6.00. The van der Waals surface area contributed by atoms with Crippen LogP contribution in [-0.4, -0.2) is 32.3 Å². The largest absolute Gasteiger partial charge is 0.489 e. The Balaban J connectivity index is 0.869. The molecule has 0 spiro atoms. The number of fused-ring (bicyclic) bond motifs is 1. The van der Waals surface area contributed by atoms with Crippen molar-refractivity contribution < 1.29 is 14.3 Å². The zero-order chi connectivity index (χ0) is 34.4. The van der Waals surface area contributed by atoms with Gasteiger partial charge in [-0.1, -0.05) is 60.7 Å². The number of nitrogens with zero attached hydrogens (tertiary/aromatic N) is 2. The summed E-state index contributed by atoms with van der Waals surface area (Å²) in [6.45, 7) is 1.03. The van der Waals surface area contributed by atoms with Crippen LogP contribution in [-0.2, 0) is 24.4 Å². The first-order valence-electron chi connectivity index (χ1n) is 16.7. The number of hydrogen-bond acceptors (Lipinski definition) is 7. The summed E-state index contributed by atoms with van der Waals surface area (Å²) in [6.07, 6.45) is 0.497. The Morgan fingerprint density at radius 3 is 1.76 bits per heavy atom. The topological polar surface area (TPSA) is 129 Å². The molecule has 1 amide bonds. The number of carbonyl (C=O) groups excluding carboxylic acids is 1. The number of carbonyl (C=O) groups is 1. The second-order valence-corrected chi connectivity index (χ2v) is 12.3. The minimum absolute atomic E-state index is 0.110. The molecule has 5 N–H and O–H groups in total. The van der Waals surface area contributed by atoms with Crippen LogP contribution in [0.2, 0.25) is 0 Å². The fourth-order valence-corrected chi connectivity index (χ4v) is 5.96. The van der Waals surface area contributed by atoms with Crippen molar-refractivity contribution in [1.29, 1.82) is 0 Å². The van der Waals surface area contributed by atoms with Gasteiger partial charge in [0.05, 0.1) is 11.4 Å². The summed E-state index contributed by atoms with van der Waals surface area (Å²) in [6, 6.07) is 45.2.